The van der Waals surface area contributed by atoms with Crippen LogP contribution in [0.15, 0.2) is 36.8 Å². The SMILES string of the molecule is O=C(NCCO)c1ccc(NCc2cnc[nH]2)cc1. The molecular formula is C13H16N4O2. The summed E-state index contributed by atoms with van der Waals surface area (Å²) >= 11 is 0. The number of aliphatic hydroxyl groups excluding tert-OH is 1. The minimum Gasteiger partial charge on any atom is -0.395 e. The van der Waals surface area contributed by atoms with Gasteiger partial charge in [0, 0.05) is 24.0 Å². The average molecular weight is 260 g/mol. The number of H-pyrrole nitrogens is 1. The Kier molecular flexibility index (Phi) is 4.52. The molecule has 0 saturated carbocycles. The molecular weight excluding hydrogens is 244 g/mol. The third kappa shape index (κ3) is 3.82. The molecule has 6 heteroatoms. The summed E-state index contributed by atoms with van der Waals surface area (Å²) in [7, 11) is 0. The quantitative estimate of drug-likeness (QED) is 0.617. The first kappa shape index (κ1) is 13.1. The summed E-state index contributed by atoms with van der Waals surface area (Å²) in [4.78, 5) is 18.5. The van der Waals surface area contributed by atoms with E-state index in [4.69, 9.17) is 5.11 Å². The number of rotatable bonds is 6. The highest BCUT2D eigenvalue weighted by atomic mass is 16.3. The van der Waals surface area contributed by atoms with Crippen LogP contribution in [-0.4, -0.2) is 34.1 Å². The van der Waals surface area contributed by atoms with Crippen LogP contribution in [-0.2, 0) is 6.54 Å². The summed E-state index contributed by atoms with van der Waals surface area (Å²) < 4.78 is 0. The second-order valence-electron chi connectivity index (χ2n) is 3.99. The maximum absolute atomic E-state index is 11.6. The van der Waals surface area contributed by atoms with Gasteiger partial charge in [0.2, 0.25) is 0 Å². The first-order valence-electron chi connectivity index (χ1n) is 6.00. The van der Waals surface area contributed by atoms with E-state index in [1.807, 2.05) is 12.1 Å². The molecule has 4 N–H and O–H groups in total. The standard InChI is InChI=1S/C13H16N4O2/c18-6-5-15-13(19)10-1-3-11(4-2-10)16-8-12-7-14-9-17-12/h1-4,7,9,16,18H,5-6,8H2,(H,14,17)(H,15,19). The predicted octanol–water partition coefficient (Wildman–Crippen LogP) is 0.744. The highest BCUT2D eigenvalue weighted by Crippen LogP contribution is 2.10. The second kappa shape index (κ2) is 6.55. The molecule has 0 aliphatic heterocycles. The molecule has 0 spiro atoms. The lowest BCUT2D eigenvalue weighted by molar-refractivity contribution is 0.0945. The van der Waals surface area contributed by atoms with Gasteiger partial charge in [0.05, 0.1) is 25.2 Å². The molecule has 0 radical (unpaired) electrons. The molecule has 0 unspecified atom stereocenters. The van der Waals surface area contributed by atoms with Crippen LogP contribution in [0.3, 0.4) is 0 Å². The van der Waals surface area contributed by atoms with Crippen LogP contribution in [0.4, 0.5) is 5.69 Å². The second-order valence-corrected chi connectivity index (χ2v) is 3.99. The van der Waals surface area contributed by atoms with E-state index in [1.54, 1.807) is 24.7 Å². The average Bonchev–Trinajstić information content (AvgIpc) is 2.96. The molecule has 1 heterocycles. The molecule has 1 aromatic carbocycles. The lowest BCUT2D eigenvalue weighted by Crippen LogP contribution is -2.26. The summed E-state index contributed by atoms with van der Waals surface area (Å²) in [5.41, 5.74) is 2.48. The number of imidazole rings is 1. The number of aliphatic hydroxyl groups is 1. The fourth-order valence-electron chi connectivity index (χ4n) is 1.59. The number of nitrogens with one attached hydrogen (secondary N) is 3. The molecule has 0 fully saturated rings. The number of aromatic nitrogens is 2. The van der Waals surface area contributed by atoms with E-state index in [0.29, 0.717) is 12.1 Å². The Bertz CT molecular complexity index is 508. The number of hydrogen-bond donors (Lipinski definition) is 4. The van der Waals surface area contributed by atoms with Crippen molar-refractivity contribution >= 4 is 11.6 Å². The van der Waals surface area contributed by atoms with Crippen molar-refractivity contribution < 1.29 is 9.90 Å². The summed E-state index contributed by atoms with van der Waals surface area (Å²) in [5, 5.41) is 14.4. The van der Waals surface area contributed by atoms with E-state index in [9.17, 15) is 4.79 Å². The van der Waals surface area contributed by atoms with Gasteiger partial charge < -0.3 is 20.7 Å². The van der Waals surface area contributed by atoms with Crippen molar-refractivity contribution in [3.05, 3.63) is 48.0 Å². The monoisotopic (exact) mass is 260 g/mol. The van der Waals surface area contributed by atoms with Gasteiger partial charge in [0.15, 0.2) is 0 Å². The number of benzene rings is 1. The minimum absolute atomic E-state index is 0.0600. The molecule has 2 aromatic rings. The van der Waals surface area contributed by atoms with Crippen molar-refractivity contribution in [1.82, 2.24) is 15.3 Å². The summed E-state index contributed by atoms with van der Waals surface area (Å²) in [6.07, 6.45) is 3.38. The fourth-order valence-corrected chi connectivity index (χ4v) is 1.59. The maximum Gasteiger partial charge on any atom is 0.251 e. The first-order valence-corrected chi connectivity index (χ1v) is 6.00. The van der Waals surface area contributed by atoms with E-state index in [2.05, 4.69) is 20.6 Å². The highest BCUT2D eigenvalue weighted by Gasteiger charge is 2.04. The Balaban J connectivity index is 1.89. The summed E-state index contributed by atoms with van der Waals surface area (Å²) in [6.45, 7) is 0.851. The number of hydrogen-bond acceptors (Lipinski definition) is 4. The number of nitrogens with zero attached hydrogens (tertiary/aromatic N) is 1. The predicted molar refractivity (Wildman–Crippen MR) is 71.8 cm³/mol. The van der Waals surface area contributed by atoms with E-state index in [1.165, 1.54) is 0 Å². The van der Waals surface area contributed by atoms with E-state index >= 15 is 0 Å². The van der Waals surface area contributed by atoms with Crippen molar-refractivity contribution in [2.45, 2.75) is 6.54 Å². The van der Waals surface area contributed by atoms with Crippen molar-refractivity contribution in [2.24, 2.45) is 0 Å². The maximum atomic E-state index is 11.6. The number of carbonyl (C=O) groups is 1. The zero-order chi connectivity index (χ0) is 13.5. The van der Waals surface area contributed by atoms with Crippen molar-refractivity contribution in [2.75, 3.05) is 18.5 Å². The van der Waals surface area contributed by atoms with Crippen LogP contribution < -0.4 is 10.6 Å². The number of amides is 1. The number of carbonyl (C=O) groups excluding carboxylic acids is 1. The molecule has 100 valence electrons. The highest BCUT2D eigenvalue weighted by molar-refractivity contribution is 5.94. The van der Waals surface area contributed by atoms with Gasteiger partial charge in [-0.15, -0.1) is 0 Å². The molecule has 1 amide bonds. The first-order chi connectivity index (χ1) is 9.29. The van der Waals surface area contributed by atoms with Crippen LogP contribution in [0.25, 0.3) is 0 Å². The lowest BCUT2D eigenvalue weighted by Gasteiger charge is -2.07. The van der Waals surface area contributed by atoms with E-state index in [0.717, 1.165) is 11.4 Å². The minimum atomic E-state index is -0.186. The van der Waals surface area contributed by atoms with Crippen LogP contribution >= 0.6 is 0 Å². The van der Waals surface area contributed by atoms with E-state index in [-0.39, 0.29) is 19.1 Å². The summed E-state index contributed by atoms with van der Waals surface area (Å²) in [6, 6.07) is 7.15. The van der Waals surface area contributed by atoms with Crippen molar-refractivity contribution in [3.63, 3.8) is 0 Å². The molecule has 0 saturated heterocycles. The van der Waals surface area contributed by atoms with Crippen LogP contribution in [0.5, 0.6) is 0 Å². The molecule has 19 heavy (non-hydrogen) atoms. The third-order valence-corrected chi connectivity index (χ3v) is 2.58. The van der Waals surface area contributed by atoms with Gasteiger partial charge in [-0.25, -0.2) is 4.98 Å². The molecule has 0 aliphatic rings. The molecule has 0 aliphatic carbocycles. The van der Waals surface area contributed by atoms with Gasteiger partial charge >= 0.3 is 0 Å². The van der Waals surface area contributed by atoms with Crippen molar-refractivity contribution in [1.29, 1.82) is 0 Å². The van der Waals surface area contributed by atoms with E-state index < -0.39 is 0 Å². The van der Waals surface area contributed by atoms with Gasteiger partial charge in [-0.3, -0.25) is 4.79 Å². The largest absolute Gasteiger partial charge is 0.395 e. The topological polar surface area (TPSA) is 90.0 Å². The molecule has 1 aromatic heterocycles. The molecule has 0 bridgehead atoms. The third-order valence-electron chi connectivity index (χ3n) is 2.58. The normalized spacial score (nSPS) is 10.2. The zero-order valence-corrected chi connectivity index (χ0v) is 10.4. The fraction of sp³-hybridized carbons (Fsp3) is 0.231. The van der Waals surface area contributed by atoms with Gasteiger partial charge in [-0.2, -0.15) is 0 Å². The van der Waals surface area contributed by atoms with Crippen molar-refractivity contribution in [3.8, 4) is 0 Å². The van der Waals surface area contributed by atoms with Gasteiger partial charge in [0.1, 0.15) is 0 Å². The number of aromatic amines is 1. The van der Waals surface area contributed by atoms with Gasteiger partial charge in [-0.05, 0) is 24.3 Å². The Morgan fingerprint density at radius 3 is 2.74 bits per heavy atom. The van der Waals surface area contributed by atoms with Gasteiger partial charge in [0.25, 0.3) is 5.91 Å². The Hall–Kier alpha value is -2.34. The Morgan fingerprint density at radius 1 is 1.32 bits per heavy atom. The lowest BCUT2D eigenvalue weighted by atomic mass is 10.2. The molecule has 2 rings (SSSR count). The Labute approximate surface area is 110 Å². The molecule has 0 atom stereocenters. The molecule has 6 nitrogen and oxygen atoms in total. The van der Waals surface area contributed by atoms with Gasteiger partial charge in [-0.1, -0.05) is 0 Å². The smallest absolute Gasteiger partial charge is 0.251 e. The Morgan fingerprint density at radius 2 is 2.11 bits per heavy atom. The van der Waals surface area contributed by atoms with Crippen LogP contribution in [0, 0.1) is 0 Å². The van der Waals surface area contributed by atoms with Crippen LogP contribution in [0.2, 0.25) is 0 Å². The summed E-state index contributed by atoms with van der Waals surface area (Å²) in [5.74, 6) is -0.186. The van der Waals surface area contributed by atoms with Crippen LogP contribution in [0.1, 0.15) is 16.1 Å². The zero-order valence-electron chi connectivity index (χ0n) is 10.4. The number of anilines is 1.